The maximum absolute atomic E-state index is 12.5. The van der Waals surface area contributed by atoms with Crippen molar-refractivity contribution in [2.45, 2.75) is 42.1 Å². The monoisotopic (exact) mass is 370 g/mol. The van der Waals surface area contributed by atoms with Crippen molar-refractivity contribution in [2.24, 2.45) is 0 Å². The second kappa shape index (κ2) is 6.26. The number of hydrogen-bond donors (Lipinski definition) is 1. The first-order valence-corrected chi connectivity index (χ1v) is 10.7. The van der Waals surface area contributed by atoms with E-state index in [4.69, 9.17) is 0 Å². The summed E-state index contributed by atoms with van der Waals surface area (Å²) in [4.78, 5) is 4.25. The van der Waals surface area contributed by atoms with Crippen molar-refractivity contribution in [3.05, 3.63) is 36.4 Å². The van der Waals surface area contributed by atoms with Crippen LogP contribution in [-0.2, 0) is 26.4 Å². The highest BCUT2D eigenvalue weighted by Crippen LogP contribution is 2.25. The van der Waals surface area contributed by atoms with E-state index in [0.29, 0.717) is 12.2 Å². The van der Waals surface area contributed by atoms with Crippen LogP contribution in [0.5, 0.6) is 0 Å². The first-order valence-electron chi connectivity index (χ1n) is 7.56. The van der Waals surface area contributed by atoms with Crippen LogP contribution < -0.4 is 4.72 Å². The molecule has 1 aliphatic rings. The highest BCUT2D eigenvalue weighted by Gasteiger charge is 2.27. The van der Waals surface area contributed by atoms with Gasteiger partial charge >= 0.3 is 0 Å². The van der Waals surface area contributed by atoms with E-state index < -0.39 is 25.9 Å². The van der Waals surface area contributed by atoms with E-state index >= 15 is 0 Å². The van der Waals surface area contributed by atoms with E-state index in [2.05, 4.69) is 14.8 Å². The molecule has 130 valence electrons. The van der Waals surface area contributed by atoms with Gasteiger partial charge in [0.25, 0.3) is 0 Å². The van der Waals surface area contributed by atoms with E-state index in [1.54, 1.807) is 11.6 Å². The summed E-state index contributed by atoms with van der Waals surface area (Å²) in [5, 5.41) is 4.06. The zero-order chi connectivity index (χ0) is 17.4. The van der Waals surface area contributed by atoms with E-state index in [1.807, 2.05) is 0 Å². The number of benzene rings is 1. The third kappa shape index (κ3) is 3.21. The summed E-state index contributed by atoms with van der Waals surface area (Å²) in [6.45, 7) is 2.26. The van der Waals surface area contributed by atoms with Crippen LogP contribution in [0.3, 0.4) is 0 Å². The molecule has 24 heavy (non-hydrogen) atoms. The van der Waals surface area contributed by atoms with Crippen molar-refractivity contribution in [3.63, 3.8) is 0 Å². The van der Waals surface area contributed by atoms with E-state index in [0.717, 1.165) is 13.0 Å². The maximum Gasteiger partial charge on any atom is 0.241 e. The van der Waals surface area contributed by atoms with Gasteiger partial charge < -0.3 is 0 Å². The van der Waals surface area contributed by atoms with Crippen LogP contribution >= 0.6 is 0 Å². The summed E-state index contributed by atoms with van der Waals surface area (Å²) in [6.07, 6.45) is 2.85. The number of aryl methyl sites for hydroxylation is 1. The molecule has 0 unspecified atom stereocenters. The normalized spacial score (nSPS) is 18.3. The maximum atomic E-state index is 12.5. The van der Waals surface area contributed by atoms with Gasteiger partial charge in [-0.25, -0.2) is 31.2 Å². The van der Waals surface area contributed by atoms with Crippen LogP contribution in [0.25, 0.3) is 0 Å². The standard InChI is InChI=1S/C14H18N4O4S2/c1-2-23(19,20)11-5-7-12(8-6-11)24(21,22)17-13-4-3-9-18-14(13)15-10-16-18/h5-8,10,13,17H,2-4,9H2,1H3/t13-/m0/s1. The Morgan fingerprint density at radius 2 is 1.83 bits per heavy atom. The van der Waals surface area contributed by atoms with Crippen molar-refractivity contribution in [2.75, 3.05) is 5.75 Å². The topological polar surface area (TPSA) is 111 Å². The van der Waals surface area contributed by atoms with E-state index in [9.17, 15) is 16.8 Å². The van der Waals surface area contributed by atoms with Gasteiger partial charge in [-0.05, 0) is 37.1 Å². The zero-order valence-corrected chi connectivity index (χ0v) is 14.7. The average molecular weight is 370 g/mol. The van der Waals surface area contributed by atoms with Gasteiger partial charge in [-0.2, -0.15) is 5.10 Å². The molecule has 10 heteroatoms. The molecule has 2 aromatic rings. The highest BCUT2D eigenvalue weighted by molar-refractivity contribution is 7.91. The summed E-state index contributed by atoms with van der Waals surface area (Å²) < 4.78 is 53.0. The molecular weight excluding hydrogens is 352 g/mol. The number of rotatable bonds is 5. The van der Waals surface area contributed by atoms with Crippen molar-refractivity contribution in [1.29, 1.82) is 0 Å². The van der Waals surface area contributed by atoms with Crippen LogP contribution in [0, 0.1) is 0 Å². The Kier molecular flexibility index (Phi) is 4.45. The quantitative estimate of drug-likeness (QED) is 0.836. The van der Waals surface area contributed by atoms with Crippen LogP contribution in [-0.4, -0.2) is 37.4 Å². The third-order valence-electron chi connectivity index (χ3n) is 3.99. The number of sulfonamides is 1. The first-order chi connectivity index (χ1) is 11.3. The predicted octanol–water partition coefficient (Wildman–Crippen LogP) is 0.885. The zero-order valence-electron chi connectivity index (χ0n) is 13.1. The van der Waals surface area contributed by atoms with Crippen LogP contribution in [0.1, 0.15) is 31.6 Å². The predicted molar refractivity (Wildman–Crippen MR) is 86.5 cm³/mol. The number of sulfone groups is 1. The average Bonchev–Trinajstić information content (AvgIpc) is 3.04. The highest BCUT2D eigenvalue weighted by atomic mass is 32.2. The molecule has 1 atom stereocenters. The fourth-order valence-corrected chi connectivity index (χ4v) is 4.76. The van der Waals surface area contributed by atoms with Gasteiger partial charge in [0, 0.05) is 6.54 Å². The molecule has 0 aliphatic carbocycles. The Hall–Kier alpha value is -1.78. The summed E-state index contributed by atoms with van der Waals surface area (Å²) in [6, 6.07) is 4.80. The van der Waals surface area contributed by atoms with Crippen molar-refractivity contribution >= 4 is 19.9 Å². The van der Waals surface area contributed by atoms with Crippen LogP contribution in [0.2, 0.25) is 0 Å². The van der Waals surface area contributed by atoms with E-state index in [1.165, 1.54) is 30.6 Å². The minimum Gasteiger partial charge on any atom is -0.248 e. The molecule has 0 saturated carbocycles. The number of nitrogens with zero attached hydrogens (tertiary/aromatic N) is 3. The molecule has 0 radical (unpaired) electrons. The Balaban J connectivity index is 1.85. The molecule has 1 aromatic heterocycles. The first kappa shape index (κ1) is 17.1. The van der Waals surface area contributed by atoms with Gasteiger partial charge in [0.1, 0.15) is 12.2 Å². The fraction of sp³-hybridized carbons (Fsp3) is 0.429. The van der Waals surface area contributed by atoms with E-state index in [-0.39, 0.29) is 15.5 Å². The molecule has 2 heterocycles. The summed E-state index contributed by atoms with van der Waals surface area (Å²) >= 11 is 0. The van der Waals surface area contributed by atoms with Gasteiger partial charge in [-0.3, -0.25) is 0 Å². The van der Waals surface area contributed by atoms with Gasteiger partial charge in [0.05, 0.1) is 21.6 Å². The molecule has 1 aromatic carbocycles. The number of fused-ring (bicyclic) bond motifs is 1. The Bertz CT molecular complexity index is 933. The van der Waals surface area contributed by atoms with Gasteiger partial charge in [0.15, 0.2) is 9.84 Å². The fourth-order valence-electron chi connectivity index (χ4n) is 2.65. The molecule has 1 N–H and O–H groups in total. The molecule has 0 amide bonds. The van der Waals surface area contributed by atoms with Gasteiger partial charge in [-0.1, -0.05) is 6.92 Å². The number of nitrogens with one attached hydrogen (secondary N) is 1. The SMILES string of the molecule is CCS(=O)(=O)c1ccc(S(=O)(=O)N[C@H]2CCCn3ncnc32)cc1. The minimum absolute atomic E-state index is 0.0224. The van der Waals surface area contributed by atoms with Crippen molar-refractivity contribution in [1.82, 2.24) is 19.5 Å². The molecule has 8 nitrogen and oxygen atoms in total. The molecule has 0 spiro atoms. The largest absolute Gasteiger partial charge is 0.248 e. The summed E-state index contributed by atoms with van der Waals surface area (Å²) in [5.41, 5.74) is 0. The van der Waals surface area contributed by atoms with Crippen molar-refractivity contribution < 1.29 is 16.8 Å². The number of hydrogen-bond acceptors (Lipinski definition) is 6. The minimum atomic E-state index is -3.78. The van der Waals surface area contributed by atoms with Gasteiger partial charge in [0.2, 0.25) is 10.0 Å². The van der Waals surface area contributed by atoms with Crippen LogP contribution in [0.15, 0.2) is 40.4 Å². The molecule has 0 bridgehead atoms. The Labute approximate surface area is 140 Å². The molecule has 0 fully saturated rings. The molecular formula is C14H18N4O4S2. The summed E-state index contributed by atoms with van der Waals surface area (Å²) in [7, 11) is -7.13. The molecule has 1 aliphatic heterocycles. The lowest BCUT2D eigenvalue weighted by atomic mass is 10.1. The molecule has 3 rings (SSSR count). The second-order valence-corrected chi connectivity index (χ2v) is 9.52. The van der Waals surface area contributed by atoms with Crippen molar-refractivity contribution in [3.8, 4) is 0 Å². The Morgan fingerprint density at radius 3 is 2.50 bits per heavy atom. The van der Waals surface area contributed by atoms with Crippen LogP contribution in [0.4, 0.5) is 0 Å². The lowest BCUT2D eigenvalue weighted by molar-refractivity contribution is 0.400. The Morgan fingerprint density at radius 1 is 1.17 bits per heavy atom. The lowest BCUT2D eigenvalue weighted by Gasteiger charge is -2.23. The molecule has 0 saturated heterocycles. The summed E-state index contributed by atoms with van der Waals surface area (Å²) in [5.74, 6) is 0.560. The van der Waals surface area contributed by atoms with Gasteiger partial charge in [-0.15, -0.1) is 0 Å². The smallest absolute Gasteiger partial charge is 0.241 e. The third-order valence-corrected chi connectivity index (χ3v) is 7.23. The number of aromatic nitrogens is 3. The lowest BCUT2D eigenvalue weighted by Crippen LogP contribution is -2.33. The second-order valence-electron chi connectivity index (χ2n) is 5.53.